The summed E-state index contributed by atoms with van der Waals surface area (Å²) >= 11 is 0. The molecule has 0 aromatic carbocycles. The number of carboxylic acids is 2. The van der Waals surface area contributed by atoms with Crippen molar-refractivity contribution in [2.45, 2.75) is 19.4 Å². The second-order valence-corrected chi connectivity index (χ2v) is 2.93. The van der Waals surface area contributed by atoms with E-state index in [1.165, 1.54) is 6.92 Å². The van der Waals surface area contributed by atoms with E-state index < -0.39 is 42.8 Å². The van der Waals surface area contributed by atoms with Crippen molar-refractivity contribution in [2.75, 3.05) is 6.54 Å². The molecular weight excluding hydrogens is 220 g/mol. The highest BCUT2D eigenvalue weighted by Crippen LogP contribution is 1.89. The zero-order chi connectivity index (χ0) is 12.7. The standard InChI is InChI=1S/C8H12N2O6/c1-4(11)9-3-6(12)10-5(8(15)16)2-7(13)14/h5H,2-3H2,1H3,(H,9,11)(H,10,12)(H,13,14)(H,15,16)/p-2/t5-/m0/s1. The van der Waals surface area contributed by atoms with Crippen LogP contribution in [0, 0.1) is 0 Å². The van der Waals surface area contributed by atoms with Gasteiger partial charge in [0.1, 0.15) is 0 Å². The van der Waals surface area contributed by atoms with Crippen molar-refractivity contribution in [3.8, 4) is 0 Å². The van der Waals surface area contributed by atoms with Crippen LogP contribution in [-0.2, 0) is 19.2 Å². The summed E-state index contributed by atoms with van der Waals surface area (Å²) in [7, 11) is 0. The second-order valence-electron chi connectivity index (χ2n) is 2.93. The lowest BCUT2D eigenvalue weighted by molar-refractivity contribution is -0.317. The summed E-state index contributed by atoms with van der Waals surface area (Å²) in [6.07, 6.45) is -0.895. The highest BCUT2D eigenvalue weighted by molar-refractivity contribution is 5.88. The monoisotopic (exact) mass is 230 g/mol. The lowest BCUT2D eigenvalue weighted by Gasteiger charge is -2.19. The van der Waals surface area contributed by atoms with Gasteiger partial charge in [0.2, 0.25) is 11.8 Å². The average Bonchev–Trinajstić information content (AvgIpc) is 2.12. The van der Waals surface area contributed by atoms with E-state index in [1.807, 2.05) is 5.32 Å². The number of nitrogens with one attached hydrogen (secondary N) is 2. The zero-order valence-electron chi connectivity index (χ0n) is 8.44. The van der Waals surface area contributed by atoms with Crippen LogP contribution < -0.4 is 20.8 Å². The summed E-state index contributed by atoms with van der Waals surface area (Å²) in [4.78, 5) is 42.0. The number of hydrogen-bond acceptors (Lipinski definition) is 6. The van der Waals surface area contributed by atoms with Crippen LogP contribution in [0.15, 0.2) is 0 Å². The molecule has 2 N–H and O–H groups in total. The van der Waals surface area contributed by atoms with Gasteiger partial charge in [-0.2, -0.15) is 0 Å². The third-order valence-electron chi connectivity index (χ3n) is 1.49. The number of rotatable bonds is 6. The minimum atomic E-state index is -1.74. The van der Waals surface area contributed by atoms with Gasteiger partial charge in [-0.1, -0.05) is 0 Å². The van der Waals surface area contributed by atoms with Crippen molar-refractivity contribution >= 4 is 23.8 Å². The first-order valence-corrected chi connectivity index (χ1v) is 4.27. The molecule has 0 unspecified atom stereocenters. The van der Waals surface area contributed by atoms with Gasteiger partial charge in [0.25, 0.3) is 0 Å². The van der Waals surface area contributed by atoms with E-state index in [9.17, 15) is 29.4 Å². The second kappa shape index (κ2) is 6.38. The first-order valence-electron chi connectivity index (χ1n) is 4.27. The van der Waals surface area contributed by atoms with E-state index in [4.69, 9.17) is 0 Å². The Morgan fingerprint density at radius 3 is 2.12 bits per heavy atom. The average molecular weight is 230 g/mol. The molecule has 0 fully saturated rings. The maximum Gasteiger partial charge on any atom is 0.239 e. The molecule has 0 saturated heterocycles. The maximum atomic E-state index is 11.0. The first kappa shape index (κ1) is 13.9. The van der Waals surface area contributed by atoms with E-state index in [-0.39, 0.29) is 0 Å². The zero-order valence-corrected chi connectivity index (χ0v) is 8.44. The molecule has 0 spiro atoms. The molecular formula is C8H10N2O6-2. The van der Waals surface area contributed by atoms with Gasteiger partial charge in [0, 0.05) is 19.3 Å². The highest BCUT2D eigenvalue weighted by atomic mass is 16.4. The smallest absolute Gasteiger partial charge is 0.239 e. The Morgan fingerprint density at radius 2 is 1.75 bits per heavy atom. The van der Waals surface area contributed by atoms with Crippen LogP contribution >= 0.6 is 0 Å². The predicted octanol–water partition coefficient (Wildman–Crippen LogP) is -4.50. The van der Waals surface area contributed by atoms with Crippen LogP contribution in [0.5, 0.6) is 0 Å². The minimum Gasteiger partial charge on any atom is -0.550 e. The van der Waals surface area contributed by atoms with Crippen LogP contribution in [0.25, 0.3) is 0 Å². The van der Waals surface area contributed by atoms with Crippen LogP contribution in [0.1, 0.15) is 13.3 Å². The van der Waals surface area contributed by atoms with Gasteiger partial charge in [-0.25, -0.2) is 0 Å². The SMILES string of the molecule is CC(=O)NCC(=O)N[C@@H](CC(=O)[O-])C(=O)[O-]. The van der Waals surface area contributed by atoms with Crippen LogP contribution in [0.4, 0.5) is 0 Å². The number of aliphatic carboxylic acids is 2. The lowest BCUT2D eigenvalue weighted by Crippen LogP contribution is -2.52. The molecule has 0 aliphatic rings. The molecule has 90 valence electrons. The van der Waals surface area contributed by atoms with Crippen molar-refractivity contribution in [3.05, 3.63) is 0 Å². The Hall–Kier alpha value is -2.12. The first-order chi connectivity index (χ1) is 7.32. The summed E-state index contributed by atoms with van der Waals surface area (Å²) in [5, 5.41) is 24.5. The Kier molecular flexibility index (Phi) is 5.53. The van der Waals surface area contributed by atoms with E-state index in [1.54, 1.807) is 0 Å². The molecule has 0 bridgehead atoms. The number of carbonyl (C=O) groups excluding carboxylic acids is 4. The molecule has 0 saturated carbocycles. The summed E-state index contributed by atoms with van der Waals surface area (Å²) in [5.74, 6) is -4.67. The summed E-state index contributed by atoms with van der Waals surface area (Å²) < 4.78 is 0. The molecule has 8 nitrogen and oxygen atoms in total. The molecule has 8 heteroatoms. The number of carboxylic acid groups (broad SMARTS) is 2. The Bertz CT molecular complexity index is 314. The van der Waals surface area contributed by atoms with E-state index in [0.717, 1.165) is 0 Å². The normalized spacial score (nSPS) is 11.3. The van der Waals surface area contributed by atoms with Crippen LogP contribution in [0.2, 0.25) is 0 Å². The van der Waals surface area contributed by atoms with Crippen molar-refractivity contribution < 1.29 is 29.4 Å². The van der Waals surface area contributed by atoms with Gasteiger partial charge >= 0.3 is 0 Å². The lowest BCUT2D eigenvalue weighted by atomic mass is 10.2. The summed E-state index contributed by atoms with van der Waals surface area (Å²) in [6, 6.07) is -1.67. The molecule has 0 aromatic heterocycles. The van der Waals surface area contributed by atoms with Crippen LogP contribution in [-0.4, -0.2) is 36.3 Å². The largest absolute Gasteiger partial charge is 0.550 e. The molecule has 0 heterocycles. The quantitative estimate of drug-likeness (QED) is 0.471. The predicted molar refractivity (Wildman–Crippen MR) is 45.2 cm³/mol. The molecule has 0 rings (SSSR count). The minimum absolute atomic E-state index is 0.438. The Morgan fingerprint density at radius 1 is 1.19 bits per heavy atom. The molecule has 1 atom stereocenters. The van der Waals surface area contributed by atoms with Crippen molar-refractivity contribution in [1.82, 2.24) is 10.6 Å². The Balaban J connectivity index is 4.18. The highest BCUT2D eigenvalue weighted by Gasteiger charge is 2.13. The van der Waals surface area contributed by atoms with Crippen molar-refractivity contribution in [1.29, 1.82) is 0 Å². The molecule has 0 aliphatic heterocycles. The number of hydrogen-bond donors (Lipinski definition) is 2. The molecule has 0 aromatic rings. The van der Waals surface area contributed by atoms with E-state index in [0.29, 0.717) is 0 Å². The van der Waals surface area contributed by atoms with Gasteiger partial charge in [0.15, 0.2) is 0 Å². The fourth-order valence-corrected chi connectivity index (χ4v) is 0.810. The van der Waals surface area contributed by atoms with Crippen molar-refractivity contribution in [2.24, 2.45) is 0 Å². The topological polar surface area (TPSA) is 138 Å². The summed E-state index contributed by atoms with van der Waals surface area (Å²) in [5.41, 5.74) is 0. The molecule has 2 amide bonds. The molecule has 16 heavy (non-hydrogen) atoms. The Labute approximate surface area is 90.6 Å². The summed E-state index contributed by atoms with van der Waals surface area (Å²) in [6.45, 7) is 0.733. The van der Waals surface area contributed by atoms with Crippen molar-refractivity contribution in [3.63, 3.8) is 0 Å². The van der Waals surface area contributed by atoms with E-state index in [2.05, 4.69) is 5.32 Å². The van der Waals surface area contributed by atoms with Gasteiger partial charge in [-0.3, -0.25) is 9.59 Å². The number of carbonyl (C=O) groups is 4. The van der Waals surface area contributed by atoms with Gasteiger partial charge in [-0.15, -0.1) is 0 Å². The number of amides is 2. The maximum absolute atomic E-state index is 11.0. The van der Waals surface area contributed by atoms with E-state index >= 15 is 0 Å². The third-order valence-corrected chi connectivity index (χ3v) is 1.49. The third kappa shape index (κ3) is 6.35. The van der Waals surface area contributed by atoms with Gasteiger partial charge in [0.05, 0.1) is 18.6 Å². The van der Waals surface area contributed by atoms with Crippen LogP contribution in [0.3, 0.4) is 0 Å². The fraction of sp³-hybridized carbons (Fsp3) is 0.500. The van der Waals surface area contributed by atoms with Gasteiger partial charge in [-0.05, 0) is 0 Å². The molecule has 0 radical (unpaired) electrons. The fourth-order valence-electron chi connectivity index (χ4n) is 0.810. The van der Waals surface area contributed by atoms with Gasteiger partial charge < -0.3 is 30.4 Å². The molecule has 0 aliphatic carbocycles.